The van der Waals surface area contributed by atoms with E-state index in [2.05, 4.69) is 14.2 Å². The van der Waals surface area contributed by atoms with E-state index >= 15 is 0 Å². The highest BCUT2D eigenvalue weighted by molar-refractivity contribution is 5.83. The number of carboxylic acids is 3. The third-order valence-corrected chi connectivity index (χ3v) is 14.3. The summed E-state index contributed by atoms with van der Waals surface area (Å²) in [4.78, 5) is 75.2. The van der Waals surface area contributed by atoms with E-state index in [1.807, 2.05) is 97.1 Å². The molecule has 0 saturated carbocycles. The van der Waals surface area contributed by atoms with Crippen molar-refractivity contribution in [2.75, 3.05) is 26.2 Å². The third kappa shape index (κ3) is 19.3. The van der Waals surface area contributed by atoms with Gasteiger partial charge in [0.05, 0.1) is 26.2 Å². The van der Waals surface area contributed by atoms with Crippen LogP contribution in [-0.2, 0) is 54.8 Å². The van der Waals surface area contributed by atoms with E-state index in [4.69, 9.17) is 19.7 Å². The molecule has 2 unspecified atom stereocenters. The van der Waals surface area contributed by atoms with Crippen LogP contribution in [0.1, 0.15) is 22.3 Å². The molecule has 0 aliphatic carbocycles. The topological polar surface area (TPSA) is 216 Å². The van der Waals surface area contributed by atoms with Gasteiger partial charge in [-0.1, -0.05) is 133 Å². The molecule has 0 radical (unpaired) electrons. The summed E-state index contributed by atoms with van der Waals surface area (Å²) in [6.45, 7) is -3.91. The molecule has 508 valence electrons. The predicted octanol–water partition coefficient (Wildman–Crippen LogP) is 13.0. The second-order valence-electron chi connectivity index (χ2n) is 21.1. The minimum Gasteiger partial charge on any atom is -0.489 e. The van der Waals surface area contributed by atoms with E-state index in [1.165, 1.54) is 24.3 Å². The first-order valence-electron chi connectivity index (χ1n) is 28.7. The Balaban J connectivity index is 0.000000302. The fourth-order valence-corrected chi connectivity index (χ4v) is 9.43. The van der Waals surface area contributed by atoms with Gasteiger partial charge in [-0.05, 0) is 81.6 Å². The Bertz CT molecular complexity index is 4180. The largest absolute Gasteiger partial charge is 0.489 e. The number of hydrogen-bond acceptors (Lipinski definition) is 13. The summed E-state index contributed by atoms with van der Waals surface area (Å²) in [6.07, 6.45) is -0.871. The second kappa shape index (κ2) is 33.2. The van der Waals surface area contributed by atoms with Crippen molar-refractivity contribution in [3.8, 4) is 51.0 Å². The minimum atomic E-state index is -2.35. The molecule has 0 aliphatic heterocycles. The standard InChI is InChI=1S/C44H25F12NO7.C26H25NO7/c45-26-15-27(46)36(52)41(35(26)51)62-33(58)18-57(19-34(59)63-42-37(53)28(47)16-29(48)38(42)54)32(44(60)64-43-39(55)30(49)17-31(50)40(43)56)14-21-6-8-23(9-7-21)24-10-12-25(13-11-24)61-20-22-4-2-1-3-5-22;28-24(29)15-27(16-25(30)31)23(26(32)33)14-18-6-8-20(9-7-18)21-10-12-22(13-11-21)34-17-19-4-2-1-3-5-19/h1-13,15-17,32H,14,18-20H2;1-13,23H,14-17H2,(H,28,29)(H,30,31)(H,32,33). The number of aliphatic carboxylic acids is 3. The Morgan fingerprint density at radius 1 is 0.337 bits per heavy atom. The zero-order chi connectivity index (χ0) is 70.9. The summed E-state index contributed by atoms with van der Waals surface area (Å²) >= 11 is 0. The van der Waals surface area contributed by atoms with Gasteiger partial charge in [0, 0.05) is 18.2 Å². The van der Waals surface area contributed by atoms with Crippen LogP contribution in [0.3, 0.4) is 0 Å². The van der Waals surface area contributed by atoms with Crippen LogP contribution in [0.15, 0.2) is 176 Å². The molecule has 0 fully saturated rings. The normalized spacial score (nSPS) is 11.7. The maximum atomic E-state index is 14.7. The molecule has 0 heterocycles. The Kier molecular flexibility index (Phi) is 24.5. The van der Waals surface area contributed by atoms with Gasteiger partial charge in [-0.25, -0.2) is 31.1 Å². The van der Waals surface area contributed by atoms with Gasteiger partial charge in [-0.2, -0.15) is 26.3 Å². The number of carbonyl (C=O) groups excluding carboxylic acids is 3. The average molecular weight is 1370 g/mol. The first-order chi connectivity index (χ1) is 46.7. The van der Waals surface area contributed by atoms with Crippen LogP contribution in [0.5, 0.6) is 28.7 Å². The molecular formula is C70H50F12N2O14. The number of benzene rings is 9. The van der Waals surface area contributed by atoms with Crippen LogP contribution in [0.2, 0.25) is 0 Å². The minimum absolute atomic E-state index is 0.0254. The van der Waals surface area contributed by atoms with E-state index < -0.39 is 168 Å². The molecule has 9 aromatic rings. The second-order valence-corrected chi connectivity index (χ2v) is 21.1. The van der Waals surface area contributed by atoms with Crippen molar-refractivity contribution in [3.63, 3.8) is 0 Å². The lowest BCUT2D eigenvalue weighted by atomic mass is 9.99. The molecule has 9 rings (SSSR count). The fraction of sp³-hybridized carbons (Fsp3) is 0.143. The van der Waals surface area contributed by atoms with Crippen LogP contribution in [0.25, 0.3) is 22.3 Å². The average Bonchev–Trinajstić information content (AvgIpc) is 0.832. The molecule has 3 N–H and O–H groups in total. The molecule has 28 heteroatoms. The lowest BCUT2D eigenvalue weighted by Gasteiger charge is -2.29. The van der Waals surface area contributed by atoms with Crippen LogP contribution in [-0.4, -0.2) is 99.2 Å². The summed E-state index contributed by atoms with van der Waals surface area (Å²) in [6, 6.07) is 41.8. The Hall–Kier alpha value is -11.5. The monoisotopic (exact) mass is 1370 g/mol. The van der Waals surface area contributed by atoms with E-state index in [0.717, 1.165) is 32.9 Å². The quantitative estimate of drug-likeness (QED) is 0.0189. The molecule has 0 aliphatic rings. The summed E-state index contributed by atoms with van der Waals surface area (Å²) in [7, 11) is 0. The van der Waals surface area contributed by atoms with Crippen LogP contribution < -0.4 is 23.7 Å². The molecule has 0 saturated heterocycles. The smallest absolute Gasteiger partial charge is 0.329 e. The van der Waals surface area contributed by atoms with Crippen LogP contribution >= 0.6 is 0 Å². The van der Waals surface area contributed by atoms with Crippen molar-refractivity contribution >= 4 is 35.8 Å². The van der Waals surface area contributed by atoms with E-state index in [1.54, 1.807) is 36.4 Å². The molecular weight excluding hydrogens is 1320 g/mol. The number of hydrogen-bond donors (Lipinski definition) is 3. The molecule has 98 heavy (non-hydrogen) atoms. The molecule has 0 bridgehead atoms. The Labute approximate surface area is 547 Å². The number of ether oxygens (including phenoxy) is 5. The summed E-state index contributed by atoms with van der Waals surface area (Å²) in [5, 5.41) is 27.6. The van der Waals surface area contributed by atoms with Gasteiger partial charge < -0.3 is 39.0 Å². The Morgan fingerprint density at radius 3 is 0.929 bits per heavy atom. The van der Waals surface area contributed by atoms with E-state index in [9.17, 15) is 86.6 Å². The highest BCUT2D eigenvalue weighted by Gasteiger charge is 2.37. The molecule has 0 aromatic heterocycles. The van der Waals surface area contributed by atoms with Gasteiger partial charge in [0.25, 0.3) is 0 Å². The maximum Gasteiger partial charge on any atom is 0.329 e. The molecule has 0 amide bonds. The van der Waals surface area contributed by atoms with Crippen LogP contribution in [0, 0.1) is 69.8 Å². The third-order valence-electron chi connectivity index (χ3n) is 14.3. The van der Waals surface area contributed by atoms with Crippen molar-refractivity contribution in [2.24, 2.45) is 0 Å². The lowest BCUT2D eigenvalue weighted by Crippen LogP contribution is -2.50. The van der Waals surface area contributed by atoms with Crippen molar-refractivity contribution < 1.29 is 120 Å². The van der Waals surface area contributed by atoms with Gasteiger partial charge >= 0.3 is 35.8 Å². The van der Waals surface area contributed by atoms with Gasteiger partial charge in [0.15, 0.2) is 34.9 Å². The lowest BCUT2D eigenvalue weighted by molar-refractivity contribution is -0.150. The first-order valence-corrected chi connectivity index (χ1v) is 28.7. The number of carboxylic acid groups (broad SMARTS) is 3. The SMILES string of the molecule is O=C(CN(CC(=O)Oc1c(F)c(F)cc(F)c1F)C(Cc1ccc(-c2ccc(OCc3ccccc3)cc2)cc1)C(=O)Oc1c(F)c(F)cc(F)c1F)Oc1c(F)c(F)cc(F)c1F.O=C(O)CN(CC(=O)O)C(Cc1ccc(-c2ccc(OCc3ccccc3)cc2)cc1)C(=O)O. The zero-order valence-electron chi connectivity index (χ0n) is 50.3. The number of halogens is 12. The van der Waals surface area contributed by atoms with Crippen LogP contribution in [0.4, 0.5) is 52.7 Å². The summed E-state index contributed by atoms with van der Waals surface area (Å²) in [5.74, 6) is -40.3. The van der Waals surface area contributed by atoms with Crippen molar-refractivity contribution in [3.05, 3.63) is 268 Å². The number of carbonyl (C=O) groups is 6. The Morgan fingerprint density at radius 2 is 0.622 bits per heavy atom. The highest BCUT2D eigenvalue weighted by atomic mass is 19.2. The molecule has 16 nitrogen and oxygen atoms in total. The van der Waals surface area contributed by atoms with Crippen molar-refractivity contribution in [2.45, 2.75) is 38.1 Å². The van der Waals surface area contributed by atoms with E-state index in [0.29, 0.717) is 29.0 Å². The van der Waals surface area contributed by atoms with Crippen molar-refractivity contribution in [1.82, 2.24) is 9.80 Å². The van der Waals surface area contributed by atoms with Gasteiger partial charge in [0.2, 0.25) is 52.2 Å². The maximum absolute atomic E-state index is 14.7. The van der Waals surface area contributed by atoms with E-state index in [-0.39, 0.29) is 41.7 Å². The summed E-state index contributed by atoms with van der Waals surface area (Å²) in [5.41, 5.74) is 5.67. The van der Waals surface area contributed by atoms with Gasteiger partial charge in [0.1, 0.15) is 36.8 Å². The van der Waals surface area contributed by atoms with Gasteiger partial charge in [-0.15, -0.1) is 0 Å². The summed E-state index contributed by atoms with van der Waals surface area (Å²) < 4.78 is 197. The first kappa shape index (κ1) is 72.3. The number of rotatable bonds is 27. The molecule has 9 aromatic carbocycles. The molecule has 0 spiro atoms. The number of nitrogens with zero attached hydrogens (tertiary/aromatic N) is 2. The predicted molar refractivity (Wildman–Crippen MR) is 322 cm³/mol. The fourth-order valence-electron chi connectivity index (χ4n) is 9.43. The number of esters is 3. The van der Waals surface area contributed by atoms with Gasteiger partial charge in [-0.3, -0.25) is 33.8 Å². The highest BCUT2D eigenvalue weighted by Crippen LogP contribution is 2.32. The van der Waals surface area contributed by atoms with Crippen molar-refractivity contribution in [1.29, 1.82) is 0 Å². The zero-order valence-corrected chi connectivity index (χ0v) is 50.3. The molecule has 2 atom stereocenters.